The molecule has 0 radical (unpaired) electrons. The first-order valence-corrected chi connectivity index (χ1v) is 11.4. The first kappa shape index (κ1) is 31.9. The van der Waals surface area contributed by atoms with E-state index in [1.807, 2.05) is 13.8 Å². The minimum Gasteiger partial charge on any atom is -0.405 e. The Kier molecular flexibility index (Phi) is 24.8. The fourth-order valence-corrected chi connectivity index (χ4v) is 3.17. The topological polar surface area (TPSA) is 26.0 Å². The lowest BCUT2D eigenvalue weighted by molar-refractivity contribution is 0.443. The number of hydrogen-bond acceptors (Lipinski definition) is 1. The highest BCUT2D eigenvalue weighted by atomic mass is 14.5. The van der Waals surface area contributed by atoms with Crippen molar-refractivity contribution in [2.75, 3.05) is 0 Å². The second-order valence-corrected chi connectivity index (χ2v) is 7.55. The van der Waals surface area contributed by atoms with Gasteiger partial charge in [-0.1, -0.05) is 95.1 Å². The molecule has 0 spiro atoms. The van der Waals surface area contributed by atoms with Gasteiger partial charge in [-0.2, -0.15) is 0 Å². The summed E-state index contributed by atoms with van der Waals surface area (Å²) >= 11 is 0. The van der Waals surface area contributed by atoms with Crippen LogP contribution < -0.4 is 5.73 Å². The summed E-state index contributed by atoms with van der Waals surface area (Å²) in [5.74, 6) is 0.769. The van der Waals surface area contributed by atoms with Gasteiger partial charge < -0.3 is 5.73 Å². The lowest BCUT2D eigenvalue weighted by atomic mass is 9.89. The fraction of sp³-hybridized carbons (Fsp3) is 0.571. The average Bonchev–Trinajstić information content (AvgIpc) is 2.66. The maximum absolute atomic E-state index is 4.61. The summed E-state index contributed by atoms with van der Waals surface area (Å²) in [5.41, 5.74) is 11.2. The second kappa shape index (κ2) is 22.5. The maximum atomic E-state index is 4.61. The van der Waals surface area contributed by atoms with Crippen molar-refractivity contribution in [2.45, 2.75) is 100 Å². The van der Waals surface area contributed by atoms with E-state index in [2.05, 4.69) is 85.2 Å². The van der Waals surface area contributed by atoms with Crippen molar-refractivity contribution in [1.29, 1.82) is 0 Å². The summed E-state index contributed by atoms with van der Waals surface area (Å²) in [4.78, 5) is 0. The highest BCUT2D eigenvalue weighted by Crippen LogP contribution is 2.25. The molecule has 0 fully saturated rings. The van der Waals surface area contributed by atoms with Crippen LogP contribution in [-0.2, 0) is 0 Å². The Morgan fingerprint density at radius 1 is 0.931 bits per heavy atom. The number of hydrogen-bond donors (Lipinski definition) is 1. The molecule has 1 unspecified atom stereocenters. The van der Waals surface area contributed by atoms with Gasteiger partial charge in [0.2, 0.25) is 0 Å². The molecule has 1 nitrogen and oxygen atoms in total. The first-order chi connectivity index (χ1) is 13.7. The molecular formula is C28H51N. The third-order valence-corrected chi connectivity index (χ3v) is 4.52. The Morgan fingerprint density at radius 2 is 1.48 bits per heavy atom. The summed E-state index contributed by atoms with van der Waals surface area (Å²) in [6.07, 6.45) is 16.5. The van der Waals surface area contributed by atoms with Crippen molar-refractivity contribution in [2.24, 2.45) is 11.7 Å². The standard InChI is InChI=1S/C24H40.C2H5N.C2H6/c1-9-12-20(6)17-21(7)22(8)18-23(11-3)14-15-24(13-10-2)16-19(4)5;1-2-3;1-2/h11,17-18,24H,4,7,9-10,12-16H2,1-3,5-6,8H3;2H,1,3H2;1-2H3/b20-17-,22-18+,23-11-;;. The van der Waals surface area contributed by atoms with Gasteiger partial charge in [-0.25, -0.2) is 0 Å². The monoisotopic (exact) mass is 401 g/mol. The zero-order chi connectivity index (χ0) is 23.2. The van der Waals surface area contributed by atoms with E-state index in [0.29, 0.717) is 0 Å². The van der Waals surface area contributed by atoms with Gasteiger partial charge in [0, 0.05) is 0 Å². The molecule has 0 aromatic heterocycles. The summed E-state index contributed by atoms with van der Waals surface area (Å²) in [5, 5.41) is 0. The normalized spacial score (nSPS) is 12.8. The second-order valence-electron chi connectivity index (χ2n) is 7.55. The molecule has 0 amide bonds. The largest absolute Gasteiger partial charge is 0.405 e. The molecule has 0 heterocycles. The van der Waals surface area contributed by atoms with Crippen molar-refractivity contribution in [3.8, 4) is 0 Å². The minimum absolute atomic E-state index is 0.769. The van der Waals surface area contributed by atoms with Gasteiger partial charge in [0.05, 0.1) is 0 Å². The lowest BCUT2D eigenvalue weighted by Crippen LogP contribution is -2.01. The molecular weight excluding hydrogens is 350 g/mol. The van der Waals surface area contributed by atoms with E-state index in [0.717, 1.165) is 24.3 Å². The highest BCUT2D eigenvalue weighted by Gasteiger charge is 2.09. The highest BCUT2D eigenvalue weighted by molar-refractivity contribution is 5.41. The van der Waals surface area contributed by atoms with Crippen LogP contribution in [0.25, 0.3) is 0 Å². The van der Waals surface area contributed by atoms with Crippen LogP contribution in [0.15, 0.2) is 72.0 Å². The Hall–Kier alpha value is -1.76. The SMILES string of the molecule is C=C(C)CC(CCC)CCC(=C/C)/C=C(\C)C(=C)/C=C(/C)CCC.C=CN.CC. The fourth-order valence-electron chi connectivity index (χ4n) is 3.17. The molecule has 0 aromatic carbocycles. The Bertz CT molecular complexity index is 529. The molecule has 0 saturated carbocycles. The number of rotatable bonds is 12. The van der Waals surface area contributed by atoms with Gasteiger partial charge >= 0.3 is 0 Å². The predicted molar refractivity (Wildman–Crippen MR) is 138 cm³/mol. The summed E-state index contributed by atoms with van der Waals surface area (Å²) < 4.78 is 0. The minimum atomic E-state index is 0.769. The third-order valence-electron chi connectivity index (χ3n) is 4.52. The van der Waals surface area contributed by atoms with Crippen molar-refractivity contribution in [3.05, 3.63) is 72.0 Å². The van der Waals surface area contributed by atoms with Crippen molar-refractivity contribution >= 4 is 0 Å². The van der Waals surface area contributed by atoms with Gasteiger partial charge in [-0.3, -0.25) is 0 Å². The average molecular weight is 402 g/mol. The first-order valence-electron chi connectivity index (χ1n) is 11.4. The van der Waals surface area contributed by atoms with E-state index >= 15 is 0 Å². The molecule has 0 aromatic rings. The summed E-state index contributed by atoms with van der Waals surface area (Å²) in [7, 11) is 0. The van der Waals surface area contributed by atoms with E-state index in [4.69, 9.17) is 0 Å². The number of nitrogens with two attached hydrogens (primary N) is 1. The lowest BCUT2D eigenvalue weighted by Gasteiger charge is -2.16. The molecule has 0 aliphatic rings. The van der Waals surface area contributed by atoms with Crippen LogP contribution in [0.3, 0.4) is 0 Å². The predicted octanol–water partition coefficient (Wildman–Crippen LogP) is 9.46. The third kappa shape index (κ3) is 20.8. The Balaban J connectivity index is -0.00000123. The van der Waals surface area contributed by atoms with Crippen LogP contribution in [0.4, 0.5) is 0 Å². The van der Waals surface area contributed by atoms with Crippen LogP contribution in [0.1, 0.15) is 100 Å². The molecule has 0 aliphatic heterocycles. The van der Waals surface area contributed by atoms with E-state index in [-0.39, 0.29) is 0 Å². The molecule has 0 bridgehead atoms. The van der Waals surface area contributed by atoms with Gasteiger partial charge in [-0.05, 0) is 76.6 Å². The van der Waals surface area contributed by atoms with Gasteiger partial charge in [-0.15, -0.1) is 6.58 Å². The summed E-state index contributed by atoms with van der Waals surface area (Å²) in [6.45, 7) is 28.7. The van der Waals surface area contributed by atoms with Crippen LogP contribution in [0.5, 0.6) is 0 Å². The van der Waals surface area contributed by atoms with Crippen LogP contribution in [-0.4, -0.2) is 0 Å². The van der Waals surface area contributed by atoms with E-state index in [1.54, 1.807) is 0 Å². The van der Waals surface area contributed by atoms with E-state index in [9.17, 15) is 0 Å². The molecule has 168 valence electrons. The van der Waals surface area contributed by atoms with Crippen molar-refractivity contribution in [3.63, 3.8) is 0 Å². The smallest absolute Gasteiger partial charge is 0.0136 e. The van der Waals surface area contributed by atoms with Crippen LogP contribution in [0.2, 0.25) is 0 Å². The Morgan fingerprint density at radius 3 is 1.90 bits per heavy atom. The summed E-state index contributed by atoms with van der Waals surface area (Å²) in [6, 6.07) is 0. The van der Waals surface area contributed by atoms with Gasteiger partial charge in [0.1, 0.15) is 0 Å². The van der Waals surface area contributed by atoms with Gasteiger partial charge in [0.15, 0.2) is 0 Å². The molecule has 1 heteroatoms. The maximum Gasteiger partial charge on any atom is -0.0136 e. The van der Waals surface area contributed by atoms with Crippen LogP contribution in [0, 0.1) is 5.92 Å². The van der Waals surface area contributed by atoms with Crippen molar-refractivity contribution < 1.29 is 0 Å². The molecule has 2 N–H and O–H groups in total. The van der Waals surface area contributed by atoms with Crippen molar-refractivity contribution in [1.82, 2.24) is 0 Å². The molecule has 0 rings (SSSR count). The van der Waals surface area contributed by atoms with E-state index < -0.39 is 0 Å². The van der Waals surface area contributed by atoms with Crippen LogP contribution >= 0.6 is 0 Å². The molecule has 1 atom stereocenters. The molecule has 0 aliphatic carbocycles. The van der Waals surface area contributed by atoms with E-state index in [1.165, 1.54) is 60.6 Å². The van der Waals surface area contributed by atoms with Gasteiger partial charge in [0.25, 0.3) is 0 Å². The zero-order valence-corrected chi connectivity index (χ0v) is 21.0. The molecule has 0 saturated heterocycles. The Labute approximate surface area is 184 Å². The quantitative estimate of drug-likeness (QED) is 0.256. The zero-order valence-electron chi connectivity index (χ0n) is 21.0. The molecule has 29 heavy (non-hydrogen) atoms. The number of allylic oxidation sites excluding steroid dienone is 8.